The van der Waals surface area contributed by atoms with Gasteiger partial charge in [0.2, 0.25) is 0 Å². The van der Waals surface area contributed by atoms with Crippen molar-refractivity contribution in [1.29, 1.82) is 0 Å². The number of aliphatic hydroxyl groups excluding tert-OH is 1. The number of carbonyl (C=O) groups is 1. The number of thiazole rings is 1. The summed E-state index contributed by atoms with van der Waals surface area (Å²) in [4.78, 5) is 31.0. The summed E-state index contributed by atoms with van der Waals surface area (Å²) in [5, 5.41) is 15.8. The summed E-state index contributed by atoms with van der Waals surface area (Å²) in [5.74, 6) is 1.17. The first-order valence-corrected chi connectivity index (χ1v) is 12.9. The Bertz CT molecular complexity index is 1230. The van der Waals surface area contributed by atoms with Crippen molar-refractivity contribution < 1.29 is 14.3 Å². The minimum atomic E-state index is -0.447. The Morgan fingerprint density at radius 2 is 1.97 bits per heavy atom. The van der Waals surface area contributed by atoms with Crippen LogP contribution in [-0.2, 0) is 0 Å². The van der Waals surface area contributed by atoms with E-state index in [1.807, 2.05) is 26.8 Å². The monoisotopic (exact) mass is 533 g/mol. The fraction of sp³-hybridized carbons (Fsp3) is 0.417. The van der Waals surface area contributed by atoms with Gasteiger partial charge in [-0.15, -0.1) is 0 Å². The largest absolute Gasteiger partial charge is 0.395 e. The molecule has 3 aromatic rings. The molecule has 9 nitrogen and oxygen atoms in total. The summed E-state index contributed by atoms with van der Waals surface area (Å²) < 4.78 is 13.8. The maximum Gasteiger partial charge on any atom is 0.267 e. The lowest BCUT2D eigenvalue weighted by Crippen LogP contribution is -2.47. The first kappa shape index (κ1) is 26.2. The number of rotatable bonds is 8. The molecule has 1 amide bonds. The molecule has 12 heteroatoms. The van der Waals surface area contributed by atoms with E-state index >= 15 is 0 Å². The summed E-state index contributed by atoms with van der Waals surface area (Å²) in [5.41, 5.74) is 1.02. The molecule has 36 heavy (non-hydrogen) atoms. The molecule has 1 aliphatic heterocycles. The van der Waals surface area contributed by atoms with E-state index in [2.05, 4.69) is 35.4 Å². The van der Waals surface area contributed by atoms with Gasteiger partial charge in [0.05, 0.1) is 23.5 Å². The maximum absolute atomic E-state index is 13.8. The zero-order valence-corrected chi connectivity index (χ0v) is 22.0. The van der Waals surface area contributed by atoms with Crippen LogP contribution in [-0.4, -0.2) is 70.2 Å². The van der Waals surface area contributed by atoms with Gasteiger partial charge in [0, 0.05) is 38.8 Å². The van der Waals surface area contributed by atoms with Crippen LogP contribution < -0.4 is 15.5 Å². The molecule has 1 fully saturated rings. The maximum atomic E-state index is 13.8. The number of aromatic nitrogens is 3. The molecule has 1 saturated heterocycles. The molecule has 1 aliphatic rings. The predicted octanol–water partition coefficient (Wildman–Crippen LogP) is 4.27. The van der Waals surface area contributed by atoms with Crippen molar-refractivity contribution in [3.8, 4) is 0 Å². The number of aryl methyl sites for hydroxylation is 1. The van der Waals surface area contributed by atoms with Crippen LogP contribution in [0.3, 0.4) is 0 Å². The number of anilines is 4. The lowest BCUT2D eigenvalue weighted by Gasteiger charge is -2.35. The van der Waals surface area contributed by atoms with Crippen molar-refractivity contribution in [3.05, 3.63) is 51.5 Å². The third-order valence-electron chi connectivity index (χ3n) is 5.85. The smallest absolute Gasteiger partial charge is 0.267 e. The van der Waals surface area contributed by atoms with Crippen LogP contribution in [0.1, 0.15) is 40.8 Å². The van der Waals surface area contributed by atoms with Gasteiger partial charge in [-0.2, -0.15) is 0 Å². The zero-order valence-electron chi connectivity index (χ0n) is 20.4. The van der Waals surface area contributed by atoms with E-state index < -0.39 is 5.82 Å². The van der Waals surface area contributed by atoms with Gasteiger partial charge in [-0.1, -0.05) is 36.8 Å². The van der Waals surface area contributed by atoms with Gasteiger partial charge in [0.15, 0.2) is 5.13 Å². The van der Waals surface area contributed by atoms with Gasteiger partial charge in [-0.05, 0) is 30.5 Å². The highest BCUT2D eigenvalue weighted by molar-refractivity contribution is 7.17. The van der Waals surface area contributed by atoms with Crippen LogP contribution in [0.4, 0.5) is 26.8 Å². The van der Waals surface area contributed by atoms with Crippen LogP contribution in [0.25, 0.3) is 0 Å². The topological polar surface area (TPSA) is 107 Å². The van der Waals surface area contributed by atoms with Gasteiger partial charge >= 0.3 is 0 Å². The minimum absolute atomic E-state index is 0.0277. The number of aliphatic hydroxyl groups is 1. The second kappa shape index (κ2) is 11.5. The Labute approximate surface area is 218 Å². The van der Waals surface area contributed by atoms with Crippen molar-refractivity contribution in [3.63, 3.8) is 0 Å². The Balaban J connectivity index is 1.45. The van der Waals surface area contributed by atoms with Crippen molar-refractivity contribution in [1.82, 2.24) is 19.9 Å². The molecule has 0 radical (unpaired) electrons. The van der Waals surface area contributed by atoms with E-state index in [4.69, 9.17) is 16.7 Å². The van der Waals surface area contributed by atoms with E-state index in [1.54, 1.807) is 0 Å². The molecule has 0 unspecified atom stereocenters. The normalized spacial score (nSPS) is 14.4. The Morgan fingerprint density at radius 1 is 1.22 bits per heavy atom. The molecule has 3 heterocycles. The first-order valence-electron chi connectivity index (χ1n) is 11.7. The van der Waals surface area contributed by atoms with Gasteiger partial charge < -0.3 is 20.6 Å². The SMILES string of the molecule is Cc1nc(Nc2ncc(C(=O)Nc3c(Cl)cc(F)cc3C(C)C)s2)cc(N2CCN(CCO)CC2)n1. The molecule has 0 saturated carbocycles. The second-order valence-corrected chi connectivity index (χ2v) is 10.3. The highest BCUT2D eigenvalue weighted by atomic mass is 35.5. The molecular formula is C24H29ClFN7O2S. The van der Waals surface area contributed by atoms with Gasteiger partial charge in [-0.3, -0.25) is 9.69 Å². The number of nitrogens with zero attached hydrogens (tertiary/aromatic N) is 5. The fourth-order valence-electron chi connectivity index (χ4n) is 4.02. The molecule has 4 rings (SSSR count). The highest BCUT2D eigenvalue weighted by Gasteiger charge is 2.20. The number of β-amino-alcohol motifs (C(OH)–C–C–N with tert-alkyl or cyclic N) is 1. The molecule has 1 aromatic carbocycles. The van der Waals surface area contributed by atoms with Crippen molar-refractivity contribution in [2.24, 2.45) is 0 Å². The average Bonchev–Trinajstić information content (AvgIpc) is 3.29. The van der Waals surface area contributed by atoms with Crippen molar-refractivity contribution >= 4 is 51.3 Å². The van der Waals surface area contributed by atoms with Crippen LogP contribution in [0.5, 0.6) is 0 Å². The molecule has 0 spiro atoms. The standard InChI is InChI=1S/C24H29ClFN7O2S/c1-14(2)17-10-16(26)11-18(25)22(17)31-23(35)19-13-27-24(36-19)30-20-12-21(29-15(3)28-20)33-6-4-32(5-7-33)8-9-34/h10-14,34H,4-9H2,1-3H3,(H,31,35)(H,27,28,29,30). The van der Waals surface area contributed by atoms with Gasteiger partial charge in [0.25, 0.3) is 5.91 Å². The molecule has 0 aliphatic carbocycles. The Morgan fingerprint density at radius 3 is 2.67 bits per heavy atom. The van der Waals surface area contributed by atoms with Crippen LogP contribution in [0.15, 0.2) is 24.4 Å². The average molecular weight is 534 g/mol. The van der Waals surface area contributed by atoms with Crippen LogP contribution in [0.2, 0.25) is 5.02 Å². The summed E-state index contributed by atoms with van der Waals surface area (Å²) in [7, 11) is 0. The van der Waals surface area contributed by atoms with E-state index in [9.17, 15) is 9.18 Å². The summed E-state index contributed by atoms with van der Waals surface area (Å²) in [6, 6.07) is 4.43. The number of amides is 1. The number of hydrogen-bond donors (Lipinski definition) is 3. The Kier molecular flexibility index (Phi) is 8.35. The third-order valence-corrected chi connectivity index (χ3v) is 7.06. The van der Waals surface area contributed by atoms with E-state index in [1.165, 1.54) is 29.7 Å². The van der Waals surface area contributed by atoms with E-state index in [0.717, 1.165) is 32.0 Å². The third kappa shape index (κ3) is 6.28. The molecule has 0 bridgehead atoms. The van der Waals surface area contributed by atoms with E-state index in [-0.39, 0.29) is 23.5 Å². The van der Waals surface area contributed by atoms with Crippen LogP contribution >= 0.6 is 22.9 Å². The first-order chi connectivity index (χ1) is 17.2. The van der Waals surface area contributed by atoms with Crippen molar-refractivity contribution in [2.45, 2.75) is 26.7 Å². The molecular weight excluding hydrogens is 505 g/mol. The lowest BCUT2D eigenvalue weighted by molar-refractivity contribution is 0.103. The zero-order chi connectivity index (χ0) is 25.8. The minimum Gasteiger partial charge on any atom is -0.395 e. The number of piperazine rings is 1. The number of benzene rings is 1. The van der Waals surface area contributed by atoms with Crippen molar-refractivity contribution in [2.75, 3.05) is 54.9 Å². The highest BCUT2D eigenvalue weighted by Crippen LogP contribution is 2.33. The second-order valence-electron chi connectivity index (χ2n) is 8.83. The molecule has 3 N–H and O–H groups in total. The number of hydrogen-bond acceptors (Lipinski definition) is 9. The molecule has 2 aromatic heterocycles. The fourth-order valence-corrected chi connectivity index (χ4v) is 5.00. The summed E-state index contributed by atoms with van der Waals surface area (Å²) >= 11 is 7.40. The van der Waals surface area contributed by atoms with Gasteiger partial charge in [0.1, 0.15) is 28.2 Å². The van der Waals surface area contributed by atoms with E-state index in [0.29, 0.717) is 39.4 Å². The number of carbonyl (C=O) groups excluding carboxylic acids is 1. The Hall–Kier alpha value is -2.86. The quantitative estimate of drug-likeness (QED) is 0.394. The molecule has 0 atom stereocenters. The van der Waals surface area contributed by atoms with Crippen LogP contribution in [0, 0.1) is 12.7 Å². The van der Waals surface area contributed by atoms with Gasteiger partial charge in [-0.25, -0.2) is 19.3 Å². The number of halogens is 2. The lowest BCUT2D eigenvalue weighted by atomic mass is 10.0. The predicted molar refractivity (Wildman–Crippen MR) is 141 cm³/mol. The molecule has 192 valence electrons. The number of nitrogens with one attached hydrogen (secondary N) is 2. The summed E-state index contributed by atoms with van der Waals surface area (Å²) in [6.45, 7) is 9.80. The summed E-state index contributed by atoms with van der Waals surface area (Å²) in [6.07, 6.45) is 1.48.